The number of carbonyl (C=O) groups is 1. The van der Waals surface area contributed by atoms with Crippen LogP contribution >= 0.6 is 0 Å². The topological polar surface area (TPSA) is 65.8 Å². The second kappa shape index (κ2) is 6.69. The molecule has 1 aromatic heterocycles. The zero-order valence-electron chi connectivity index (χ0n) is 14.2. The molecule has 1 amide bonds. The molecule has 0 saturated carbocycles. The molecular weight excluding hydrogens is 342 g/mol. The average Bonchev–Trinajstić information content (AvgIpc) is 2.60. The number of aromatic nitrogens is 1. The van der Waals surface area contributed by atoms with Gasteiger partial charge in [-0.05, 0) is 31.5 Å². The molecule has 0 unspecified atom stereocenters. The van der Waals surface area contributed by atoms with Crippen LogP contribution in [0.5, 0.6) is 5.75 Å². The number of carbonyl (C=O) groups excluding carboxylic acids is 1. The Labute approximate surface area is 152 Å². The van der Waals surface area contributed by atoms with Crippen LogP contribution < -0.4 is 18.0 Å². The number of nitrogens with zero attached hydrogens (tertiary/aromatic N) is 3. The summed E-state index contributed by atoms with van der Waals surface area (Å²) in [5.41, 5.74) is 1.40. The predicted octanol–water partition coefficient (Wildman–Crippen LogP) is -1.96. The van der Waals surface area contributed by atoms with Gasteiger partial charge in [0.2, 0.25) is 0 Å². The molecule has 1 fully saturated rings. The van der Waals surface area contributed by atoms with E-state index >= 15 is 0 Å². The minimum Gasteiger partial charge on any atom is -1.00 e. The largest absolute Gasteiger partial charge is 1.00 e. The molecule has 1 aromatic carbocycles. The van der Waals surface area contributed by atoms with Crippen molar-refractivity contribution in [3.05, 3.63) is 39.7 Å². The molecule has 6 nitrogen and oxygen atoms in total. The van der Waals surface area contributed by atoms with Crippen LogP contribution in [0.3, 0.4) is 0 Å². The Morgan fingerprint density at radius 3 is 2.56 bits per heavy atom. The van der Waals surface area contributed by atoms with Gasteiger partial charge in [-0.2, -0.15) is 0 Å². The number of halogens is 1. The third-order valence-electron chi connectivity index (χ3n) is 5.17. The summed E-state index contributed by atoms with van der Waals surface area (Å²) >= 11 is 0. The molecule has 2 aromatic rings. The average molecular weight is 363 g/mol. The summed E-state index contributed by atoms with van der Waals surface area (Å²) in [5.74, 6) is -0.522. The van der Waals surface area contributed by atoms with Crippen molar-refractivity contribution >= 4 is 16.8 Å². The van der Waals surface area contributed by atoms with Gasteiger partial charge in [0.15, 0.2) is 0 Å². The zero-order valence-corrected chi connectivity index (χ0v) is 14.9. The van der Waals surface area contributed by atoms with Crippen molar-refractivity contribution < 1.29 is 22.3 Å². The van der Waals surface area contributed by atoms with Crippen LogP contribution in [-0.4, -0.2) is 58.6 Å². The van der Waals surface area contributed by atoms with E-state index in [-0.39, 0.29) is 35.2 Å². The minimum absolute atomic E-state index is 0. The van der Waals surface area contributed by atoms with E-state index in [4.69, 9.17) is 0 Å². The van der Waals surface area contributed by atoms with E-state index < -0.39 is 0 Å². The van der Waals surface area contributed by atoms with Crippen molar-refractivity contribution in [3.63, 3.8) is 0 Å². The van der Waals surface area contributed by atoms with Crippen LogP contribution in [0.25, 0.3) is 10.9 Å². The first-order valence-corrected chi connectivity index (χ1v) is 8.43. The van der Waals surface area contributed by atoms with Gasteiger partial charge in [-0.1, -0.05) is 12.1 Å². The number of aryl methyl sites for hydroxylation is 2. The molecule has 2 aliphatic heterocycles. The van der Waals surface area contributed by atoms with Gasteiger partial charge in [0.1, 0.15) is 11.3 Å². The van der Waals surface area contributed by atoms with Gasteiger partial charge in [0, 0.05) is 38.1 Å². The molecule has 0 atom stereocenters. The number of rotatable bonds is 1. The number of hydrogen-bond donors (Lipinski definition) is 1. The van der Waals surface area contributed by atoms with Gasteiger partial charge in [0.05, 0.1) is 5.52 Å². The molecule has 134 valence electrons. The number of hydrogen-bond acceptors (Lipinski definition) is 4. The number of piperazine rings is 1. The highest BCUT2D eigenvalue weighted by atomic mass is 35.5. The highest BCUT2D eigenvalue weighted by molar-refractivity contribution is 6.03. The first-order valence-electron chi connectivity index (χ1n) is 8.43. The molecule has 25 heavy (non-hydrogen) atoms. The van der Waals surface area contributed by atoms with Crippen molar-refractivity contribution in [2.24, 2.45) is 0 Å². The standard InChI is InChI=1S/C18H21N3O3.ClH/c1-19-8-10-20(11-9-19)17(23)14-16(22)13-6-2-4-12-5-3-7-21(15(12)13)18(14)24;/h2,4,6,22H,3,5,7-11H2,1H3;1H/p-1. The summed E-state index contributed by atoms with van der Waals surface area (Å²) in [4.78, 5) is 29.6. The van der Waals surface area contributed by atoms with E-state index in [1.54, 1.807) is 15.5 Å². The number of aromatic hydroxyl groups is 1. The van der Waals surface area contributed by atoms with E-state index in [9.17, 15) is 14.7 Å². The molecule has 1 saturated heterocycles. The Morgan fingerprint density at radius 2 is 1.84 bits per heavy atom. The Kier molecular flexibility index (Phi) is 4.75. The van der Waals surface area contributed by atoms with Crippen LogP contribution in [0, 0.1) is 0 Å². The molecule has 2 aliphatic rings. The Hall–Kier alpha value is -2.05. The van der Waals surface area contributed by atoms with E-state index in [0.717, 1.165) is 37.0 Å². The van der Waals surface area contributed by atoms with Crippen LogP contribution in [0.4, 0.5) is 0 Å². The van der Waals surface area contributed by atoms with Crippen molar-refractivity contribution in [3.8, 4) is 5.75 Å². The van der Waals surface area contributed by atoms with Gasteiger partial charge < -0.3 is 31.9 Å². The second-order valence-electron chi connectivity index (χ2n) is 6.69. The van der Waals surface area contributed by atoms with Gasteiger partial charge in [-0.15, -0.1) is 0 Å². The first-order chi connectivity index (χ1) is 11.6. The number of likely N-dealkylation sites (N-methyl/N-ethyl adjacent to an activating group) is 1. The first kappa shape index (κ1) is 17.8. The fraction of sp³-hybridized carbons (Fsp3) is 0.444. The summed E-state index contributed by atoms with van der Waals surface area (Å²) in [6.07, 6.45) is 1.76. The third kappa shape index (κ3) is 2.79. The molecule has 3 heterocycles. The Balaban J connectivity index is 0.00000182. The van der Waals surface area contributed by atoms with Crippen LogP contribution in [0.15, 0.2) is 23.0 Å². The maximum atomic E-state index is 12.9. The molecule has 0 bridgehead atoms. The lowest BCUT2D eigenvalue weighted by Crippen LogP contribution is -3.00. The molecule has 1 N–H and O–H groups in total. The maximum Gasteiger partial charge on any atom is 0.267 e. The lowest BCUT2D eigenvalue weighted by molar-refractivity contribution is -0.0000172. The van der Waals surface area contributed by atoms with Crippen molar-refractivity contribution in [2.75, 3.05) is 33.2 Å². The number of benzene rings is 1. The van der Waals surface area contributed by atoms with Crippen LogP contribution in [-0.2, 0) is 13.0 Å². The van der Waals surface area contributed by atoms with E-state index in [1.807, 2.05) is 19.2 Å². The minimum atomic E-state index is -0.365. The highest BCUT2D eigenvalue weighted by Crippen LogP contribution is 2.32. The SMILES string of the molecule is CN1CCN(C(=O)c2c(O)c3cccc4c3n(c2=O)CCC4)CC1.[Cl-]. The molecule has 4 rings (SSSR count). The summed E-state index contributed by atoms with van der Waals surface area (Å²) in [7, 11) is 2.01. The van der Waals surface area contributed by atoms with Crippen molar-refractivity contribution in [1.29, 1.82) is 0 Å². The lowest BCUT2D eigenvalue weighted by atomic mass is 9.99. The molecule has 7 heteroatoms. The number of amides is 1. The van der Waals surface area contributed by atoms with Gasteiger partial charge in [-0.25, -0.2) is 0 Å². The van der Waals surface area contributed by atoms with Gasteiger partial charge in [-0.3, -0.25) is 9.59 Å². The second-order valence-corrected chi connectivity index (χ2v) is 6.69. The van der Waals surface area contributed by atoms with Gasteiger partial charge >= 0.3 is 0 Å². The van der Waals surface area contributed by atoms with E-state index in [2.05, 4.69) is 4.90 Å². The lowest BCUT2D eigenvalue weighted by Gasteiger charge is -2.32. The van der Waals surface area contributed by atoms with E-state index in [1.165, 1.54) is 0 Å². The Bertz CT molecular complexity index is 885. The highest BCUT2D eigenvalue weighted by Gasteiger charge is 2.29. The molecule has 0 spiro atoms. The number of para-hydroxylation sites is 1. The van der Waals surface area contributed by atoms with E-state index in [0.29, 0.717) is 25.0 Å². The van der Waals surface area contributed by atoms with Gasteiger partial charge in [0.25, 0.3) is 11.5 Å². The smallest absolute Gasteiger partial charge is 0.267 e. The summed E-state index contributed by atoms with van der Waals surface area (Å²) in [6, 6.07) is 5.65. The van der Waals surface area contributed by atoms with Crippen LogP contribution in [0.2, 0.25) is 0 Å². The normalized spacial score (nSPS) is 17.4. The summed E-state index contributed by atoms with van der Waals surface area (Å²) in [6.45, 7) is 3.30. The van der Waals surface area contributed by atoms with Crippen molar-refractivity contribution in [2.45, 2.75) is 19.4 Å². The predicted molar refractivity (Wildman–Crippen MR) is 91.6 cm³/mol. The Morgan fingerprint density at radius 1 is 1.12 bits per heavy atom. The number of pyridine rings is 1. The van der Waals surface area contributed by atoms with Crippen molar-refractivity contribution in [1.82, 2.24) is 14.4 Å². The zero-order chi connectivity index (χ0) is 16.8. The quantitative estimate of drug-likeness (QED) is 0.640. The fourth-order valence-corrected chi connectivity index (χ4v) is 3.78. The monoisotopic (exact) mass is 362 g/mol. The molecule has 0 aliphatic carbocycles. The fourth-order valence-electron chi connectivity index (χ4n) is 3.78. The van der Waals surface area contributed by atoms with Crippen LogP contribution in [0.1, 0.15) is 22.3 Å². The molecular formula is C18H21ClN3O3-. The summed E-state index contributed by atoms with van der Waals surface area (Å²) < 4.78 is 1.66. The third-order valence-corrected chi connectivity index (χ3v) is 5.17. The molecule has 0 radical (unpaired) electrons. The maximum absolute atomic E-state index is 12.9. The summed E-state index contributed by atoms with van der Waals surface area (Å²) in [5, 5.41) is 11.3.